The molecule has 27 heavy (non-hydrogen) atoms. The SMILES string of the molecule is COc1ccc(-c2n[nH]cc2Cc2ccccc2C)c2cc(C(C)=O)oc12. The van der Waals surface area contributed by atoms with Crippen LogP contribution in [0, 0.1) is 6.92 Å². The number of fused-ring (bicyclic) bond motifs is 1. The van der Waals surface area contributed by atoms with Gasteiger partial charge in [-0.25, -0.2) is 0 Å². The summed E-state index contributed by atoms with van der Waals surface area (Å²) < 4.78 is 11.2. The number of ether oxygens (including phenoxy) is 1. The van der Waals surface area contributed by atoms with Gasteiger partial charge in [0, 0.05) is 36.1 Å². The van der Waals surface area contributed by atoms with Crippen molar-refractivity contribution in [2.75, 3.05) is 7.11 Å². The van der Waals surface area contributed by atoms with Gasteiger partial charge in [0.2, 0.25) is 0 Å². The number of methoxy groups -OCH3 is 1. The minimum absolute atomic E-state index is 0.124. The Morgan fingerprint density at radius 1 is 1.19 bits per heavy atom. The van der Waals surface area contributed by atoms with E-state index in [-0.39, 0.29) is 5.78 Å². The molecule has 0 aliphatic heterocycles. The highest BCUT2D eigenvalue weighted by Crippen LogP contribution is 2.37. The second-order valence-electron chi connectivity index (χ2n) is 6.59. The fourth-order valence-electron chi connectivity index (χ4n) is 3.34. The summed E-state index contributed by atoms with van der Waals surface area (Å²) in [5, 5.41) is 8.28. The largest absolute Gasteiger partial charge is 0.493 e. The summed E-state index contributed by atoms with van der Waals surface area (Å²) in [6, 6.07) is 13.9. The van der Waals surface area contributed by atoms with Gasteiger partial charge < -0.3 is 9.15 Å². The number of rotatable bonds is 5. The van der Waals surface area contributed by atoms with Gasteiger partial charge in [0.05, 0.1) is 12.8 Å². The van der Waals surface area contributed by atoms with E-state index in [0.29, 0.717) is 17.1 Å². The topological polar surface area (TPSA) is 68.1 Å². The lowest BCUT2D eigenvalue weighted by atomic mass is 9.97. The van der Waals surface area contributed by atoms with E-state index in [1.165, 1.54) is 18.1 Å². The van der Waals surface area contributed by atoms with Gasteiger partial charge in [0.1, 0.15) is 0 Å². The zero-order valence-corrected chi connectivity index (χ0v) is 15.5. The van der Waals surface area contributed by atoms with Crippen LogP contribution in [-0.4, -0.2) is 23.1 Å². The van der Waals surface area contributed by atoms with Gasteiger partial charge in [0.25, 0.3) is 0 Å². The maximum atomic E-state index is 11.8. The van der Waals surface area contributed by atoms with E-state index >= 15 is 0 Å². The average Bonchev–Trinajstić information content (AvgIpc) is 3.30. The normalized spacial score (nSPS) is 11.1. The number of nitrogens with one attached hydrogen (secondary N) is 1. The fraction of sp³-hybridized carbons (Fsp3) is 0.182. The molecular weight excluding hydrogens is 340 g/mol. The number of hydrogen-bond acceptors (Lipinski definition) is 4. The Balaban J connectivity index is 1.85. The predicted molar refractivity (Wildman–Crippen MR) is 104 cm³/mol. The number of aromatic amines is 1. The first-order valence-electron chi connectivity index (χ1n) is 8.77. The molecule has 5 nitrogen and oxygen atoms in total. The van der Waals surface area contributed by atoms with Crippen LogP contribution in [0.5, 0.6) is 5.75 Å². The molecule has 0 saturated carbocycles. The Labute approximate surface area is 157 Å². The molecule has 136 valence electrons. The van der Waals surface area contributed by atoms with Crippen molar-refractivity contribution in [3.05, 3.63) is 71.1 Å². The predicted octanol–water partition coefficient (Wildman–Crippen LogP) is 4.93. The third-order valence-corrected chi connectivity index (χ3v) is 4.83. The highest BCUT2D eigenvalue weighted by atomic mass is 16.5. The molecule has 0 spiro atoms. The van der Waals surface area contributed by atoms with E-state index in [9.17, 15) is 4.79 Å². The fourth-order valence-corrected chi connectivity index (χ4v) is 3.34. The van der Waals surface area contributed by atoms with Crippen molar-refractivity contribution < 1.29 is 13.9 Å². The van der Waals surface area contributed by atoms with Crippen LogP contribution in [0.25, 0.3) is 22.2 Å². The molecule has 0 atom stereocenters. The standard InChI is InChI=1S/C22H20N2O3/c1-13-6-4-5-7-15(13)10-16-12-23-24-21(16)17-8-9-19(26-3)22-18(17)11-20(27-22)14(2)25/h4-9,11-12H,10H2,1-3H3,(H,23,24). The summed E-state index contributed by atoms with van der Waals surface area (Å²) in [6.45, 7) is 3.60. The van der Waals surface area contributed by atoms with Gasteiger partial charge in [-0.05, 0) is 36.2 Å². The number of ketones is 1. The maximum absolute atomic E-state index is 11.8. The van der Waals surface area contributed by atoms with Gasteiger partial charge in [-0.3, -0.25) is 9.89 Å². The zero-order chi connectivity index (χ0) is 19.0. The van der Waals surface area contributed by atoms with Gasteiger partial charge >= 0.3 is 0 Å². The monoisotopic (exact) mass is 360 g/mol. The number of aromatic nitrogens is 2. The molecule has 0 bridgehead atoms. The molecule has 5 heteroatoms. The molecule has 2 aromatic heterocycles. The summed E-state index contributed by atoms with van der Waals surface area (Å²) in [5.74, 6) is 0.783. The quantitative estimate of drug-likeness (QED) is 0.512. The minimum Gasteiger partial charge on any atom is -0.493 e. The molecule has 0 fully saturated rings. The van der Waals surface area contributed by atoms with Crippen LogP contribution in [-0.2, 0) is 6.42 Å². The van der Waals surface area contributed by atoms with Crippen molar-refractivity contribution in [3.63, 3.8) is 0 Å². The number of Topliss-reactive ketones (excluding diaryl/α,β-unsaturated/α-hetero) is 1. The molecule has 2 aromatic carbocycles. The molecule has 0 unspecified atom stereocenters. The third-order valence-electron chi connectivity index (χ3n) is 4.83. The van der Waals surface area contributed by atoms with Crippen LogP contribution < -0.4 is 4.74 Å². The maximum Gasteiger partial charge on any atom is 0.194 e. The van der Waals surface area contributed by atoms with Gasteiger partial charge in [-0.1, -0.05) is 24.3 Å². The number of hydrogen-bond donors (Lipinski definition) is 1. The summed E-state index contributed by atoms with van der Waals surface area (Å²) in [5.41, 5.74) is 5.90. The average molecular weight is 360 g/mol. The van der Waals surface area contributed by atoms with Crippen molar-refractivity contribution in [1.29, 1.82) is 0 Å². The highest BCUT2D eigenvalue weighted by molar-refractivity contribution is 6.02. The molecule has 0 radical (unpaired) electrons. The molecular formula is C22H20N2O3. The first-order chi connectivity index (χ1) is 13.1. The Morgan fingerprint density at radius 3 is 2.74 bits per heavy atom. The number of carbonyl (C=O) groups is 1. The van der Waals surface area contributed by atoms with E-state index in [1.54, 1.807) is 13.2 Å². The van der Waals surface area contributed by atoms with E-state index in [1.807, 2.05) is 30.5 Å². The Hall–Kier alpha value is -3.34. The Morgan fingerprint density at radius 2 is 2.00 bits per heavy atom. The molecule has 1 N–H and O–H groups in total. The molecule has 0 aliphatic rings. The lowest BCUT2D eigenvalue weighted by molar-refractivity contribution is 0.0989. The van der Waals surface area contributed by atoms with Gasteiger partial charge in [-0.15, -0.1) is 0 Å². The summed E-state index contributed by atoms with van der Waals surface area (Å²) >= 11 is 0. The van der Waals surface area contributed by atoms with E-state index in [2.05, 4.69) is 29.3 Å². The molecule has 4 aromatic rings. The van der Waals surface area contributed by atoms with Crippen LogP contribution in [0.1, 0.15) is 34.2 Å². The smallest absolute Gasteiger partial charge is 0.194 e. The summed E-state index contributed by atoms with van der Waals surface area (Å²) in [4.78, 5) is 11.8. The molecule has 2 heterocycles. The number of aryl methyl sites for hydroxylation is 1. The van der Waals surface area contributed by atoms with Crippen LogP contribution in [0.4, 0.5) is 0 Å². The number of nitrogens with zero attached hydrogens (tertiary/aromatic N) is 1. The van der Waals surface area contributed by atoms with E-state index in [0.717, 1.165) is 28.6 Å². The Bertz CT molecular complexity index is 1140. The van der Waals surface area contributed by atoms with E-state index < -0.39 is 0 Å². The van der Waals surface area contributed by atoms with Crippen LogP contribution in [0.2, 0.25) is 0 Å². The number of furan rings is 1. The number of benzene rings is 2. The first-order valence-corrected chi connectivity index (χ1v) is 8.77. The van der Waals surface area contributed by atoms with Crippen LogP contribution in [0.15, 0.2) is 53.1 Å². The lowest BCUT2D eigenvalue weighted by Gasteiger charge is -2.08. The van der Waals surface area contributed by atoms with Crippen molar-refractivity contribution >= 4 is 16.8 Å². The zero-order valence-electron chi connectivity index (χ0n) is 15.5. The summed E-state index contributed by atoms with van der Waals surface area (Å²) in [6.07, 6.45) is 2.69. The minimum atomic E-state index is -0.124. The second-order valence-corrected chi connectivity index (χ2v) is 6.59. The summed E-state index contributed by atoms with van der Waals surface area (Å²) in [7, 11) is 1.59. The molecule has 0 saturated heterocycles. The lowest BCUT2D eigenvalue weighted by Crippen LogP contribution is -1.93. The van der Waals surface area contributed by atoms with Crippen molar-refractivity contribution in [2.45, 2.75) is 20.3 Å². The molecule has 0 aliphatic carbocycles. The van der Waals surface area contributed by atoms with Crippen LogP contribution in [0.3, 0.4) is 0 Å². The second kappa shape index (κ2) is 6.76. The van der Waals surface area contributed by atoms with Gasteiger partial charge in [0.15, 0.2) is 22.9 Å². The Kier molecular flexibility index (Phi) is 4.28. The van der Waals surface area contributed by atoms with Crippen LogP contribution >= 0.6 is 0 Å². The first kappa shape index (κ1) is 17.1. The molecule has 0 amide bonds. The molecule has 4 rings (SSSR count). The van der Waals surface area contributed by atoms with Crippen molar-refractivity contribution in [3.8, 4) is 17.0 Å². The highest BCUT2D eigenvalue weighted by Gasteiger charge is 2.19. The van der Waals surface area contributed by atoms with Gasteiger partial charge in [-0.2, -0.15) is 5.10 Å². The van der Waals surface area contributed by atoms with Crippen molar-refractivity contribution in [2.24, 2.45) is 0 Å². The number of H-pyrrole nitrogens is 1. The third kappa shape index (κ3) is 3.01. The van der Waals surface area contributed by atoms with E-state index in [4.69, 9.17) is 9.15 Å². The number of carbonyl (C=O) groups excluding carboxylic acids is 1. The van der Waals surface area contributed by atoms with Crippen molar-refractivity contribution in [1.82, 2.24) is 10.2 Å².